The smallest absolute Gasteiger partial charge is 0.125 e. The number of ether oxygens (including phenoxy) is 1. The van der Waals surface area contributed by atoms with Crippen LogP contribution in [0.1, 0.15) is 33.3 Å². The Hall–Kier alpha value is -0.700. The Morgan fingerprint density at radius 3 is 2.63 bits per heavy atom. The molecule has 0 spiro atoms. The van der Waals surface area contributed by atoms with Crippen molar-refractivity contribution < 1.29 is 4.74 Å². The quantitative estimate of drug-likeness (QED) is 0.847. The molecule has 0 aliphatic rings. The van der Waals surface area contributed by atoms with Crippen LogP contribution in [0.3, 0.4) is 0 Å². The highest BCUT2D eigenvalue weighted by Crippen LogP contribution is 2.27. The van der Waals surface area contributed by atoms with Crippen molar-refractivity contribution in [3.63, 3.8) is 0 Å². The molecule has 0 radical (unpaired) electrons. The van der Waals surface area contributed by atoms with Gasteiger partial charge in [-0.05, 0) is 45.4 Å². The maximum Gasteiger partial charge on any atom is 0.125 e. The van der Waals surface area contributed by atoms with Crippen molar-refractivity contribution in [2.75, 3.05) is 6.61 Å². The first-order valence-electron chi connectivity index (χ1n) is 6.24. The average molecular weight is 302 g/mol. The number of halogens is 2. The number of nitrogens with one attached hydrogen (secondary N) is 1. The third-order valence-corrected chi connectivity index (χ3v) is 3.24. The SMILES string of the molecule is C/C(=C/Cl)COc1cccc(Cl)c1CNC(C)(C)C. The van der Waals surface area contributed by atoms with Crippen molar-refractivity contribution in [2.24, 2.45) is 0 Å². The van der Waals surface area contributed by atoms with Gasteiger partial charge >= 0.3 is 0 Å². The zero-order valence-corrected chi connectivity index (χ0v) is 13.4. The van der Waals surface area contributed by atoms with Gasteiger partial charge in [0.2, 0.25) is 0 Å². The Morgan fingerprint density at radius 1 is 1.37 bits per heavy atom. The molecule has 2 nitrogen and oxygen atoms in total. The lowest BCUT2D eigenvalue weighted by molar-refractivity contribution is 0.343. The number of hydrogen-bond donors (Lipinski definition) is 1. The summed E-state index contributed by atoms with van der Waals surface area (Å²) in [5.41, 5.74) is 3.50. The van der Waals surface area contributed by atoms with Crippen LogP contribution in [0.15, 0.2) is 29.3 Å². The number of benzene rings is 1. The normalized spacial score (nSPS) is 12.6. The van der Waals surface area contributed by atoms with Gasteiger partial charge in [0.05, 0.1) is 0 Å². The Kier molecular flexibility index (Phi) is 6.18. The van der Waals surface area contributed by atoms with E-state index in [9.17, 15) is 0 Å². The summed E-state index contributed by atoms with van der Waals surface area (Å²) in [5.74, 6) is 0.794. The maximum atomic E-state index is 6.25. The highest BCUT2D eigenvalue weighted by atomic mass is 35.5. The van der Waals surface area contributed by atoms with Crippen molar-refractivity contribution >= 4 is 23.2 Å². The van der Waals surface area contributed by atoms with E-state index in [1.807, 2.05) is 25.1 Å². The van der Waals surface area contributed by atoms with Crippen LogP contribution in [0.2, 0.25) is 5.02 Å². The molecule has 0 fully saturated rings. The molecule has 1 N–H and O–H groups in total. The molecule has 0 unspecified atom stereocenters. The molecule has 0 heterocycles. The first kappa shape index (κ1) is 16.4. The van der Waals surface area contributed by atoms with E-state index in [0.29, 0.717) is 18.2 Å². The molecule has 0 aliphatic heterocycles. The minimum Gasteiger partial charge on any atom is -0.489 e. The van der Waals surface area contributed by atoms with E-state index in [1.54, 1.807) is 0 Å². The summed E-state index contributed by atoms with van der Waals surface area (Å²) < 4.78 is 5.76. The Balaban J connectivity index is 2.83. The van der Waals surface area contributed by atoms with E-state index in [4.69, 9.17) is 27.9 Å². The predicted molar refractivity (Wildman–Crippen MR) is 83.1 cm³/mol. The molecule has 0 atom stereocenters. The molecule has 4 heteroatoms. The summed E-state index contributed by atoms with van der Waals surface area (Å²) in [7, 11) is 0. The molecular weight excluding hydrogens is 281 g/mol. The van der Waals surface area contributed by atoms with Crippen LogP contribution in [0.25, 0.3) is 0 Å². The Morgan fingerprint density at radius 2 is 2.05 bits per heavy atom. The van der Waals surface area contributed by atoms with E-state index < -0.39 is 0 Å². The minimum atomic E-state index is 0.0302. The third-order valence-electron chi connectivity index (χ3n) is 2.51. The lowest BCUT2D eigenvalue weighted by atomic mass is 10.1. The van der Waals surface area contributed by atoms with E-state index in [2.05, 4.69) is 26.1 Å². The molecular formula is C15H21Cl2NO. The van der Waals surface area contributed by atoms with Gasteiger partial charge in [0.1, 0.15) is 12.4 Å². The fourth-order valence-electron chi connectivity index (χ4n) is 1.42. The summed E-state index contributed by atoms with van der Waals surface area (Å²) in [6, 6.07) is 5.68. The average Bonchev–Trinajstić information content (AvgIpc) is 2.33. The van der Waals surface area contributed by atoms with Gasteiger partial charge in [-0.25, -0.2) is 0 Å². The molecule has 19 heavy (non-hydrogen) atoms. The van der Waals surface area contributed by atoms with Crippen LogP contribution < -0.4 is 10.1 Å². The molecule has 0 amide bonds. The van der Waals surface area contributed by atoms with Crippen LogP contribution in [0.4, 0.5) is 0 Å². The van der Waals surface area contributed by atoms with Gasteiger partial charge in [-0.1, -0.05) is 29.3 Å². The summed E-state index contributed by atoms with van der Waals surface area (Å²) in [6.07, 6.45) is 0. The van der Waals surface area contributed by atoms with E-state index in [0.717, 1.165) is 16.9 Å². The zero-order chi connectivity index (χ0) is 14.5. The highest BCUT2D eigenvalue weighted by molar-refractivity contribution is 6.31. The van der Waals surface area contributed by atoms with Crippen LogP contribution in [0, 0.1) is 0 Å². The zero-order valence-electron chi connectivity index (χ0n) is 11.9. The van der Waals surface area contributed by atoms with E-state index >= 15 is 0 Å². The summed E-state index contributed by atoms with van der Waals surface area (Å²) in [4.78, 5) is 0. The molecule has 0 saturated heterocycles. The summed E-state index contributed by atoms with van der Waals surface area (Å²) >= 11 is 11.9. The lowest BCUT2D eigenvalue weighted by Crippen LogP contribution is -2.35. The van der Waals surface area contributed by atoms with Crippen LogP contribution in [0.5, 0.6) is 5.75 Å². The van der Waals surface area contributed by atoms with Crippen LogP contribution in [-0.4, -0.2) is 12.1 Å². The van der Waals surface area contributed by atoms with Crippen molar-refractivity contribution in [2.45, 2.75) is 39.8 Å². The van der Waals surface area contributed by atoms with Gasteiger partial charge < -0.3 is 10.1 Å². The van der Waals surface area contributed by atoms with Gasteiger partial charge in [0.15, 0.2) is 0 Å². The molecule has 1 aromatic carbocycles. The second-order valence-electron chi connectivity index (χ2n) is 5.56. The third kappa shape index (κ3) is 5.85. The summed E-state index contributed by atoms with van der Waals surface area (Å²) in [5, 5.41) is 4.13. The number of hydrogen-bond acceptors (Lipinski definition) is 2. The second kappa shape index (κ2) is 7.18. The second-order valence-corrected chi connectivity index (χ2v) is 6.19. The van der Waals surface area contributed by atoms with Crippen LogP contribution >= 0.6 is 23.2 Å². The standard InChI is InChI=1S/C15H21Cl2NO/c1-11(8-16)10-19-14-7-5-6-13(17)12(14)9-18-15(2,3)4/h5-8,18H,9-10H2,1-4H3/b11-8-. The van der Waals surface area contributed by atoms with Crippen molar-refractivity contribution in [3.05, 3.63) is 39.9 Å². The van der Waals surface area contributed by atoms with E-state index in [1.165, 1.54) is 5.54 Å². The fraction of sp³-hybridized carbons (Fsp3) is 0.467. The van der Waals surface area contributed by atoms with Crippen molar-refractivity contribution in [1.29, 1.82) is 0 Å². The number of rotatable bonds is 5. The maximum absolute atomic E-state index is 6.25. The molecule has 0 aliphatic carbocycles. The molecule has 0 aromatic heterocycles. The predicted octanol–water partition coefficient (Wildman–Crippen LogP) is 4.75. The Bertz CT molecular complexity index is 450. The van der Waals surface area contributed by atoms with Gasteiger partial charge in [-0.3, -0.25) is 0 Å². The molecule has 0 saturated carbocycles. The van der Waals surface area contributed by atoms with Gasteiger partial charge in [-0.2, -0.15) is 0 Å². The molecule has 1 rings (SSSR count). The van der Waals surface area contributed by atoms with Gasteiger partial charge in [-0.15, -0.1) is 0 Å². The van der Waals surface area contributed by atoms with Crippen molar-refractivity contribution in [1.82, 2.24) is 5.32 Å². The van der Waals surface area contributed by atoms with Crippen LogP contribution in [-0.2, 0) is 6.54 Å². The first-order chi connectivity index (χ1) is 8.83. The Labute approximate surface area is 125 Å². The van der Waals surface area contributed by atoms with Crippen molar-refractivity contribution in [3.8, 4) is 5.75 Å². The highest BCUT2D eigenvalue weighted by Gasteiger charge is 2.13. The van der Waals surface area contributed by atoms with E-state index in [-0.39, 0.29) is 5.54 Å². The topological polar surface area (TPSA) is 21.3 Å². The lowest BCUT2D eigenvalue weighted by Gasteiger charge is -2.22. The fourth-order valence-corrected chi connectivity index (χ4v) is 1.72. The largest absolute Gasteiger partial charge is 0.489 e. The summed E-state index contributed by atoms with van der Waals surface area (Å²) in [6.45, 7) is 9.40. The van der Waals surface area contributed by atoms with Gasteiger partial charge in [0, 0.05) is 28.2 Å². The first-order valence-corrected chi connectivity index (χ1v) is 7.06. The van der Waals surface area contributed by atoms with Gasteiger partial charge in [0.25, 0.3) is 0 Å². The monoisotopic (exact) mass is 301 g/mol. The molecule has 106 valence electrons. The molecule has 0 bridgehead atoms. The molecule has 1 aromatic rings. The minimum absolute atomic E-state index is 0.0302.